The van der Waals surface area contributed by atoms with E-state index in [2.05, 4.69) is 5.32 Å². The van der Waals surface area contributed by atoms with E-state index in [0.29, 0.717) is 23.7 Å². The van der Waals surface area contributed by atoms with Gasteiger partial charge in [0.1, 0.15) is 6.04 Å². The van der Waals surface area contributed by atoms with Crippen LogP contribution in [0, 0.1) is 5.92 Å². The summed E-state index contributed by atoms with van der Waals surface area (Å²) in [7, 11) is 0. The summed E-state index contributed by atoms with van der Waals surface area (Å²) in [6.45, 7) is 4.29. The molecule has 3 N–H and O–H groups in total. The number of urea groups is 1. The lowest BCUT2D eigenvalue weighted by Crippen LogP contribution is -2.34. The van der Waals surface area contributed by atoms with E-state index >= 15 is 0 Å². The van der Waals surface area contributed by atoms with Crippen molar-refractivity contribution in [2.75, 3.05) is 6.54 Å². The van der Waals surface area contributed by atoms with Gasteiger partial charge in [0, 0.05) is 13.0 Å². The van der Waals surface area contributed by atoms with Gasteiger partial charge in [-0.1, -0.05) is 26.1 Å². The molecule has 0 spiro atoms. The molecule has 1 rings (SSSR count). The maximum Gasteiger partial charge on any atom is 0.324 e. The van der Waals surface area contributed by atoms with Crippen LogP contribution in [0.3, 0.4) is 0 Å². The van der Waals surface area contributed by atoms with Crippen LogP contribution in [0.25, 0.3) is 0 Å². The zero-order chi connectivity index (χ0) is 12.3. The van der Waals surface area contributed by atoms with Gasteiger partial charge in [-0.25, -0.2) is 4.79 Å². The summed E-state index contributed by atoms with van der Waals surface area (Å²) in [6, 6.07) is -0.731. The van der Waals surface area contributed by atoms with Crippen molar-refractivity contribution in [1.29, 1.82) is 0 Å². The highest BCUT2D eigenvalue weighted by atomic mass is 32.1. The van der Waals surface area contributed by atoms with Crippen molar-refractivity contribution in [2.24, 2.45) is 11.7 Å². The van der Waals surface area contributed by atoms with Gasteiger partial charge in [-0.3, -0.25) is 9.69 Å². The Morgan fingerprint density at radius 3 is 2.69 bits per heavy atom. The average molecular weight is 243 g/mol. The van der Waals surface area contributed by atoms with Gasteiger partial charge >= 0.3 is 6.03 Å². The Balaban J connectivity index is 2.57. The first-order chi connectivity index (χ1) is 7.41. The van der Waals surface area contributed by atoms with Crippen molar-refractivity contribution in [2.45, 2.75) is 32.7 Å². The Bertz CT molecular complexity index is 317. The number of hydrogen-bond acceptors (Lipinski definition) is 3. The highest BCUT2D eigenvalue weighted by Crippen LogP contribution is 2.14. The van der Waals surface area contributed by atoms with E-state index in [1.165, 1.54) is 4.90 Å². The van der Waals surface area contributed by atoms with Gasteiger partial charge in [0.25, 0.3) is 5.91 Å². The molecule has 16 heavy (non-hydrogen) atoms. The van der Waals surface area contributed by atoms with E-state index in [9.17, 15) is 9.59 Å². The number of hydrogen-bond donors (Lipinski definition) is 2. The third-order valence-electron chi connectivity index (χ3n) is 2.40. The van der Waals surface area contributed by atoms with E-state index in [4.69, 9.17) is 18.0 Å². The Kier molecular flexibility index (Phi) is 4.23. The highest BCUT2D eigenvalue weighted by Gasteiger charge is 2.37. The molecule has 3 amide bonds. The molecule has 1 atom stereocenters. The fourth-order valence-corrected chi connectivity index (χ4v) is 1.73. The lowest BCUT2D eigenvalue weighted by molar-refractivity contribution is -0.127. The minimum atomic E-state index is -0.390. The molecule has 1 fully saturated rings. The Morgan fingerprint density at radius 2 is 2.19 bits per heavy atom. The SMILES string of the molecule is CC(C)CC1NC(=O)N(CCC(N)=S)C1=O. The van der Waals surface area contributed by atoms with Crippen molar-refractivity contribution in [1.82, 2.24) is 10.2 Å². The Morgan fingerprint density at radius 1 is 1.56 bits per heavy atom. The van der Waals surface area contributed by atoms with Gasteiger partial charge in [-0.05, 0) is 12.3 Å². The van der Waals surface area contributed by atoms with Crippen LogP contribution in [-0.4, -0.2) is 34.4 Å². The summed E-state index contributed by atoms with van der Waals surface area (Å²) in [5, 5.41) is 2.66. The van der Waals surface area contributed by atoms with Crippen LogP contribution in [0.5, 0.6) is 0 Å². The zero-order valence-corrected chi connectivity index (χ0v) is 10.3. The van der Waals surface area contributed by atoms with Gasteiger partial charge in [-0.2, -0.15) is 0 Å². The first kappa shape index (κ1) is 12.9. The maximum atomic E-state index is 11.8. The molecule has 0 aliphatic carbocycles. The van der Waals surface area contributed by atoms with Crippen molar-refractivity contribution in [3.8, 4) is 0 Å². The first-order valence-electron chi connectivity index (χ1n) is 5.32. The molecule has 0 aromatic heterocycles. The lowest BCUT2D eigenvalue weighted by atomic mass is 10.0. The predicted octanol–water partition coefficient (Wildman–Crippen LogP) is 0.629. The molecule has 1 saturated heterocycles. The molecule has 1 heterocycles. The molecule has 0 aromatic rings. The number of carbonyl (C=O) groups is 2. The second-order valence-electron chi connectivity index (χ2n) is 4.34. The van der Waals surface area contributed by atoms with Gasteiger partial charge in [0.2, 0.25) is 0 Å². The molecule has 0 radical (unpaired) electrons. The molecule has 90 valence electrons. The summed E-state index contributed by atoms with van der Waals surface area (Å²) in [5.74, 6) is 0.194. The van der Waals surface area contributed by atoms with Crippen LogP contribution >= 0.6 is 12.2 Å². The van der Waals surface area contributed by atoms with Crippen LogP contribution < -0.4 is 11.1 Å². The summed E-state index contributed by atoms with van der Waals surface area (Å²) in [4.78, 5) is 24.8. The minimum absolute atomic E-state index is 0.171. The lowest BCUT2D eigenvalue weighted by Gasteiger charge is -2.13. The number of nitrogens with one attached hydrogen (secondary N) is 1. The molecule has 1 aliphatic rings. The molecule has 0 aromatic carbocycles. The molecule has 1 unspecified atom stereocenters. The average Bonchev–Trinajstić information content (AvgIpc) is 2.39. The number of amides is 3. The number of thiocarbonyl (C=S) groups is 1. The number of nitrogens with zero attached hydrogens (tertiary/aromatic N) is 1. The minimum Gasteiger partial charge on any atom is -0.393 e. The first-order valence-corrected chi connectivity index (χ1v) is 5.72. The van der Waals surface area contributed by atoms with Crippen LogP contribution in [0.1, 0.15) is 26.7 Å². The van der Waals surface area contributed by atoms with Crippen LogP contribution in [0.2, 0.25) is 0 Å². The summed E-state index contributed by atoms with van der Waals surface area (Å²) < 4.78 is 0. The van der Waals surface area contributed by atoms with Crippen LogP contribution in [0.15, 0.2) is 0 Å². The largest absolute Gasteiger partial charge is 0.393 e. The second-order valence-corrected chi connectivity index (χ2v) is 4.86. The molecular formula is C10H17N3O2S. The second kappa shape index (κ2) is 5.25. The fraction of sp³-hybridized carbons (Fsp3) is 0.700. The molecule has 1 aliphatic heterocycles. The number of rotatable bonds is 5. The predicted molar refractivity (Wildman–Crippen MR) is 64.9 cm³/mol. The third-order valence-corrected chi connectivity index (χ3v) is 2.60. The van der Waals surface area contributed by atoms with E-state index in [-0.39, 0.29) is 24.5 Å². The molecule has 0 bridgehead atoms. The van der Waals surface area contributed by atoms with Gasteiger partial charge < -0.3 is 11.1 Å². The van der Waals surface area contributed by atoms with Gasteiger partial charge in [0.15, 0.2) is 0 Å². The summed E-state index contributed by atoms with van der Waals surface area (Å²) in [6.07, 6.45) is 1.04. The van der Waals surface area contributed by atoms with E-state index in [0.717, 1.165) is 0 Å². The topological polar surface area (TPSA) is 75.4 Å². The third kappa shape index (κ3) is 3.16. The molecular weight excluding hydrogens is 226 g/mol. The standard InChI is InChI=1S/C10H17N3O2S/c1-6(2)5-7-9(14)13(10(15)12-7)4-3-8(11)16/h6-7H,3-5H2,1-2H3,(H2,11,16)(H,12,15). The fourth-order valence-electron chi connectivity index (χ4n) is 1.64. The monoisotopic (exact) mass is 243 g/mol. The van der Waals surface area contributed by atoms with E-state index in [1.807, 2.05) is 13.8 Å². The van der Waals surface area contributed by atoms with Crippen molar-refractivity contribution in [3.05, 3.63) is 0 Å². The Labute approximate surface area is 100 Å². The van der Waals surface area contributed by atoms with Crippen molar-refractivity contribution in [3.63, 3.8) is 0 Å². The van der Waals surface area contributed by atoms with Crippen molar-refractivity contribution >= 4 is 29.1 Å². The Hall–Kier alpha value is -1.17. The van der Waals surface area contributed by atoms with Gasteiger partial charge in [0.05, 0.1) is 4.99 Å². The summed E-state index contributed by atoms with van der Waals surface area (Å²) >= 11 is 4.71. The van der Waals surface area contributed by atoms with Crippen molar-refractivity contribution < 1.29 is 9.59 Å². The number of carbonyl (C=O) groups excluding carboxylic acids is 2. The molecule has 6 heteroatoms. The smallest absolute Gasteiger partial charge is 0.324 e. The number of imide groups is 1. The number of nitrogens with two attached hydrogens (primary N) is 1. The quantitative estimate of drug-likeness (QED) is 0.548. The zero-order valence-electron chi connectivity index (χ0n) is 9.53. The van der Waals surface area contributed by atoms with Gasteiger partial charge in [-0.15, -0.1) is 0 Å². The van der Waals surface area contributed by atoms with Crippen LogP contribution in [-0.2, 0) is 4.79 Å². The van der Waals surface area contributed by atoms with E-state index in [1.54, 1.807) is 0 Å². The normalized spacial score (nSPS) is 20.4. The molecule has 0 saturated carbocycles. The van der Waals surface area contributed by atoms with Crippen LogP contribution in [0.4, 0.5) is 4.79 Å². The van der Waals surface area contributed by atoms with E-state index < -0.39 is 0 Å². The molecule has 5 nitrogen and oxygen atoms in total. The highest BCUT2D eigenvalue weighted by molar-refractivity contribution is 7.80. The summed E-state index contributed by atoms with van der Waals surface area (Å²) in [5.41, 5.74) is 5.34. The maximum absolute atomic E-state index is 11.8.